The third-order valence-corrected chi connectivity index (χ3v) is 2.50. The lowest BCUT2D eigenvalue weighted by Gasteiger charge is -2.13. The molecule has 0 fully saturated rings. The highest BCUT2D eigenvalue weighted by Gasteiger charge is 2.07. The lowest BCUT2D eigenvalue weighted by atomic mass is 10.0. The Morgan fingerprint density at radius 3 is 2.71 bits per heavy atom. The molecule has 1 rings (SSSR count). The lowest BCUT2D eigenvalue weighted by Crippen LogP contribution is -2.24. The normalized spacial score (nSPS) is 10.4. The highest BCUT2D eigenvalue weighted by molar-refractivity contribution is 5.75. The summed E-state index contributed by atoms with van der Waals surface area (Å²) in [5.41, 5.74) is 1.18. The Balaban J connectivity index is 2.49. The molecule has 17 heavy (non-hydrogen) atoms. The molecule has 0 saturated heterocycles. The predicted octanol–water partition coefficient (Wildman–Crippen LogP) is 2.72. The van der Waals surface area contributed by atoms with Crippen LogP contribution in [0, 0.1) is 0 Å². The van der Waals surface area contributed by atoms with Crippen molar-refractivity contribution in [3.05, 3.63) is 29.8 Å². The van der Waals surface area contributed by atoms with Crippen LogP contribution < -0.4 is 10.1 Å². The minimum absolute atomic E-state index is 0.0366. The Labute approximate surface area is 103 Å². The molecule has 0 spiro atoms. The van der Waals surface area contributed by atoms with Crippen molar-refractivity contribution < 1.29 is 9.53 Å². The average molecular weight is 235 g/mol. The molecule has 0 aliphatic rings. The fourth-order valence-corrected chi connectivity index (χ4v) is 1.63. The van der Waals surface area contributed by atoms with Crippen LogP contribution >= 0.6 is 0 Å². The van der Waals surface area contributed by atoms with E-state index in [1.165, 1.54) is 5.56 Å². The third-order valence-electron chi connectivity index (χ3n) is 2.50. The second kappa shape index (κ2) is 6.94. The monoisotopic (exact) mass is 235 g/mol. The zero-order chi connectivity index (χ0) is 12.7. The number of carbonyl (C=O) groups excluding carboxylic acids is 1. The topological polar surface area (TPSA) is 38.3 Å². The van der Waals surface area contributed by atoms with Gasteiger partial charge in [-0.2, -0.15) is 0 Å². The maximum atomic E-state index is 11.3. The summed E-state index contributed by atoms with van der Waals surface area (Å²) in [6, 6.07) is 7.97. The molecule has 0 unspecified atom stereocenters. The standard InChI is InChI=1S/C14H21NO2/c1-4-15-14(16)9-10-17-13-8-6-5-7-12(13)11(2)3/h5-8,11H,4,9-10H2,1-3H3,(H,15,16). The van der Waals surface area contributed by atoms with Crippen molar-refractivity contribution in [1.29, 1.82) is 0 Å². The molecule has 1 N–H and O–H groups in total. The average Bonchev–Trinajstić information content (AvgIpc) is 2.30. The number of para-hydroxylation sites is 1. The van der Waals surface area contributed by atoms with Crippen LogP contribution in [0.1, 0.15) is 38.7 Å². The SMILES string of the molecule is CCNC(=O)CCOc1ccccc1C(C)C. The van der Waals surface area contributed by atoms with Crippen LogP contribution in [0.25, 0.3) is 0 Å². The first-order chi connectivity index (χ1) is 8.15. The molecule has 0 saturated carbocycles. The summed E-state index contributed by atoms with van der Waals surface area (Å²) in [5.74, 6) is 1.34. The maximum Gasteiger partial charge on any atom is 0.223 e. The Morgan fingerprint density at radius 1 is 1.35 bits per heavy atom. The van der Waals surface area contributed by atoms with Gasteiger partial charge < -0.3 is 10.1 Å². The van der Waals surface area contributed by atoms with Gasteiger partial charge in [-0.15, -0.1) is 0 Å². The van der Waals surface area contributed by atoms with Crippen LogP contribution in [0.3, 0.4) is 0 Å². The van der Waals surface area contributed by atoms with Gasteiger partial charge in [0.05, 0.1) is 13.0 Å². The van der Waals surface area contributed by atoms with E-state index in [1.54, 1.807) is 0 Å². The summed E-state index contributed by atoms with van der Waals surface area (Å²) in [4.78, 5) is 11.3. The van der Waals surface area contributed by atoms with Gasteiger partial charge in [-0.25, -0.2) is 0 Å². The van der Waals surface area contributed by atoms with E-state index in [9.17, 15) is 4.79 Å². The molecule has 0 aliphatic heterocycles. The number of ether oxygens (including phenoxy) is 1. The molecule has 1 aromatic carbocycles. The summed E-state index contributed by atoms with van der Waals surface area (Å²) < 4.78 is 5.65. The molecule has 3 nitrogen and oxygen atoms in total. The van der Waals surface area contributed by atoms with Crippen LogP contribution in [0.4, 0.5) is 0 Å². The second-order valence-electron chi connectivity index (χ2n) is 4.24. The van der Waals surface area contributed by atoms with E-state index in [1.807, 2.05) is 25.1 Å². The van der Waals surface area contributed by atoms with Crippen LogP contribution in [0.2, 0.25) is 0 Å². The molecule has 0 aromatic heterocycles. The van der Waals surface area contributed by atoms with Crippen molar-refractivity contribution in [2.45, 2.75) is 33.1 Å². The van der Waals surface area contributed by atoms with Crippen LogP contribution in [-0.4, -0.2) is 19.1 Å². The van der Waals surface area contributed by atoms with Gasteiger partial charge >= 0.3 is 0 Å². The largest absolute Gasteiger partial charge is 0.493 e. The minimum Gasteiger partial charge on any atom is -0.493 e. The molecular formula is C14H21NO2. The van der Waals surface area contributed by atoms with E-state index in [2.05, 4.69) is 25.2 Å². The van der Waals surface area contributed by atoms with E-state index in [0.29, 0.717) is 25.5 Å². The van der Waals surface area contributed by atoms with Crippen molar-refractivity contribution in [2.75, 3.05) is 13.2 Å². The van der Waals surface area contributed by atoms with Gasteiger partial charge in [-0.05, 0) is 24.5 Å². The second-order valence-corrected chi connectivity index (χ2v) is 4.24. The van der Waals surface area contributed by atoms with Crippen LogP contribution in [-0.2, 0) is 4.79 Å². The summed E-state index contributed by atoms with van der Waals surface area (Å²) in [7, 11) is 0. The van der Waals surface area contributed by atoms with E-state index in [4.69, 9.17) is 4.74 Å². The van der Waals surface area contributed by atoms with E-state index >= 15 is 0 Å². The number of benzene rings is 1. The van der Waals surface area contributed by atoms with Crippen molar-refractivity contribution >= 4 is 5.91 Å². The Bertz CT molecular complexity index is 361. The number of amides is 1. The van der Waals surface area contributed by atoms with E-state index in [0.717, 1.165) is 5.75 Å². The molecule has 0 radical (unpaired) electrons. The minimum atomic E-state index is 0.0366. The van der Waals surface area contributed by atoms with Gasteiger partial charge in [0, 0.05) is 6.54 Å². The molecule has 0 heterocycles. The van der Waals surface area contributed by atoms with E-state index in [-0.39, 0.29) is 5.91 Å². The summed E-state index contributed by atoms with van der Waals surface area (Å²) in [5, 5.41) is 2.75. The van der Waals surface area contributed by atoms with Crippen molar-refractivity contribution in [3.8, 4) is 5.75 Å². The van der Waals surface area contributed by atoms with Crippen molar-refractivity contribution in [2.24, 2.45) is 0 Å². The molecule has 3 heteroatoms. The maximum absolute atomic E-state index is 11.3. The zero-order valence-electron chi connectivity index (χ0n) is 10.8. The van der Waals surface area contributed by atoms with E-state index < -0.39 is 0 Å². The van der Waals surface area contributed by atoms with Gasteiger partial charge in [0.2, 0.25) is 5.91 Å². The Hall–Kier alpha value is -1.51. The molecule has 0 bridgehead atoms. The van der Waals surface area contributed by atoms with Gasteiger partial charge in [-0.1, -0.05) is 32.0 Å². The number of rotatable bonds is 6. The Morgan fingerprint density at radius 2 is 2.06 bits per heavy atom. The molecule has 0 aliphatic carbocycles. The van der Waals surface area contributed by atoms with Gasteiger partial charge in [0.1, 0.15) is 5.75 Å². The summed E-state index contributed by atoms with van der Waals surface area (Å²) in [6.45, 7) is 7.27. The number of nitrogens with one attached hydrogen (secondary N) is 1. The fourth-order valence-electron chi connectivity index (χ4n) is 1.63. The van der Waals surface area contributed by atoms with Gasteiger partial charge in [0.15, 0.2) is 0 Å². The number of hydrogen-bond acceptors (Lipinski definition) is 2. The molecule has 1 aromatic rings. The van der Waals surface area contributed by atoms with Gasteiger partial charge in [0.25, 0.3) is 0 Å². The molecule has 1 amide bonds. The third kappa shape index (κ3) is 4.47. The first-order valence-corrected chi connectivity index (χ1v) is 6.13. The zero-order valence-corrected chi connectivity index (χ0v) is 10.8. The molecule has 0 atom stereocenters. The van der Waals surface area contributed by atoms with Crippen molar-refractivity contribution in [3.63, 3.8) is 0 Å². The number of hydrogen-bond donors (Lipinski definition) is 1. The van der Waals surface area contributed by atoms with Crippen molar-refractivity contribution in [1.82, 2.24) is 5.32 Å². The first-order valence-electron chi connectivity index (χ1n) is 6.13. The lowest BCUT2D eigenvalue weighted by molar-refractivity contribution is -0.121. The summed E-state index contributed by atoms with van der Waals surface area (Å²) >= 11 is 0. The predicted molar refractivity (Wildman–Crippen MR) is 69.3 cm³/mol. The van der Waals surface area contributed by atoms with Gasteiger partial charge in [-0.3, -0.25) is 4.79 Å². The van der Waals surface area contributed by atoms with Crippen LogP contribution in [0.15, 0.2) is 24.3 Å². The fraction of sp³-hybridized carbons (Fsp3) is 0.500. The highest BCUT2D eigenvalue weighted by atomic mass is 16.5. The molecule has 94 valence electrons. The quantitative estimate of drug-likeness (QED) is 0.823. The first kappa shape index (κ1) is 13.6. The summed E-state index contributed by atoms with van der Waals surface area (Å²) in [6.07, 6.45) is 0.403. The smallest absolute Gasteiger partial charge is 0.223 e. The molecular weight excluding hydrogens is 214 g/mol. The highest BCUT2D eigenvalue weighted by Crippen LogP contribution is 2.25. The Kier molecular flexibility index (Phi) is 5.53. The van der Waals surface area contributed by atoms with Crippen LogP contribution in [0.5, 0.6) is 5.75 Å². The number of carbonyl (C=O) groups is 1.